The van der Waals surface area contributed by atoms with Gasteiger partial charge in [0.2, 0.25) is 0 Å². The van der Waals surface area contributed by atoms with E-state index in [0.29, 0.717) is 0 Å². The standard InChI is InChI=1S/C4H6O2S.S.V.H/c1-3-7(5,6)4-2;;;/h3-4H,1-2H2;;;/i;;;1+1. The van der Waals surface area contributed by atoms with Gasteiger partial charge in [0.15, 0.2) is 9.84 Å². The minimum atomic E-state index is -3.13. The second kappa shape index (κ2) is 6.36. The first-order valence-electron chi connectivity index (χ1n) is 2.25. The van der Waals surface area contributed by atoms with Crippen LogP contribution in [0.5, 0.6) is 0 Å². The Labute approximate surface area is 69.0 Å². The molecule has 5 heteroatoms. The molecule has 0 aromatic carbocycles. The topological polar surface area (TPSA) is 34.1 Å². The summed E-state index contributed by atoms with van der Waals surface area (Å²) in [5.74, 6) is 0. The van der Waals surface area contributed by atoms with E-state index in [9.17, 15) is 8.42 Å². The Bertz CT molecular complexity index is 195. The molecule has 0 heterocycles. The van der Waals surface area contributed by atoms with Gasteiger partial charge in [-0.15, -0.1) is 0 Å². The predicted molar refractivity (Wildman–Crippen MR) is 38.3 cm³/mol. The van der Waals surface area contributed by atoms with Crippen molar-refractivity contribution in [2.24, 2.45) is 0 Å². The van der Waals surface area contributed by atoms with E-state index in [1.165, 1.54) is 0 Å². The Morgan fingerprint density at radius 1 is 1.56 bits per heavy atom. The first-order chi connectivity index (χ1) is 4.54. The van der Waals surface area contributed by atoms with Crippen LogP contribution < -0.4 is 0 Å². The molecule has 0 unspecified atom stereocenters. The zero-order chi connectivity index (χ0) is 8.62. The molecular weight excluding hydrogens is 195 g/mol. The van der Waals surface area contributed by atoms with Crippen molar-refractivity contribution in [1.82, 2.24) is 0 Å². The molecule has 0 aliphatic rings. The van der Waals surface area contributed by atoms with Crippen molar-refractivity contribution >= 4 is 20.1 Å². The molecule has 0 spiro atoms. The second-order valence-corrected chi connectivity index (χ2v) is 2.77. The summed E-state index contributed by atoms with van der Waals surface area (Å²) in [6, 6.07) is 0. The van der Waals surface area contributed by atoms with Gasteiger partial charge < -0.3 is 0 Å². The average Bonchev–Trinajstić information content (AvgIpc) is 1.90. The fourth-order valence-electron chi connectivity index (χ4n) is 0.0680. The van der Waals surface area contributed by atoms with Gasteiger partial charge in [0.25, 0.3) is 0 Å². The SMILES string of the molecule is C=CS(=O)(=O)C=C.[2H][V]=[S]. The average molecular weight is 203 g/mol. The van der Waals surface area contributed by atoms with Gasteiger partial charge in [0, 0.05) is 10.8 Å². The van der Waals surface area contributed by atoms with Gasteiger partial charge in [-0.1, -0.05) is 13.2 Å². The molecule has 0 rings (SSSR count). The van der Waals surface area contributed by atoms with E-state index in [0.717, 1.165) is 10.8 Å². The summed E-state index contributed by atoms with van der Waals surface area (Å²) in [5, 5.41) is 1.69. The monoisotopic (exact) mass is 203 g/mol. The molecule has 0 aliphatic heterocycles. The van der Waals surface area contributed by atoms with Crippen LogP contribution in [0.4, 0.5) is 0 Å². The predicted octanol–water partition coefficient (Wildman–Crippen LogP) is 1.07. The summed E-state index contributed by atoms with van der Waals surface area (Å²) >= 11 is -0.479. The van der Waals surface area contributed by atoms with Crippen molar-refractivity contribution in [1.29, 1.82) is 0.879 Å². The van der Waals surface area contributed by atoms with E-state index in [4.69, 9.17) is 0.879 Å². The molecule has 0 saturated carbocycles. The first-order valence-corrected chi connectivity index (χ1v) is 5.49. The van der Waals surface area contributed by atoms with Gasteiger partial charge in [0.1, 0.15) is 0 Å². The van der Waals surface area contributed by atoms with Crippen LogP contribution in [0.2, 0.25) is 0 Å². The molecule has 52 valence electrons. The zero-order valence-electron chi connectivity index (χ0n) is 5.65. The Kier molecular flexibility index (Phi) is 6.52. The molecule has 0 aromatic rings. The Hall–Kier alpha value is 0.234. The summed E-state index contributed by atoms with van der Waals surface area (Å²) in [5.41, 5.74) is 0. The molecule has 0 fully saturated rings. The summed E-state index contributed by atoms with van der Waals surface area (Å²) in [7, 11) is 1.02. The number of sulfone groups is 1. The van der Waals surface area contributed by atoms with Crippen molar-refractivity contribution in [3.63, 3.8) is 0 Å². The maximum atomic E-state index is 10.1. The van der Waals surface area contributed by atoms with Gasteiger partial charge >= 0.3 is 26.7 Å². The van der Waals surface area contributed by atoms with E-state index in [1.54, 1.807) is 0 Å². The summed E-state index contributed by atoms with van der Waals surface area (Å²) in [4.78, 5) is 0. The van der Waals surface area contributed by atoms with Gasteiger partial charge in [-0.25, -0.2) is 8.42 Å². The molecule has 0 aromatic heterocycles. The van der Waals surface area contributed by atoms with Crippen LogP contribution in [0.3, 0.4) is 0 Å². The van der Waals surface area contributed by atoms with Crippen LogP contribution in [-0.2, 0) is 25.4 Å². The molecule has 0 saturated heterocycles. The number of hydrogen-bond donors (Lipinski definition) is 0. The van der Waals surface area contributed by atoms with Crippen LogP contribution in [0.1, 0.15) is 0 Å². The van der Waals surface area contributed by atoms with Crippen molar-refractivity contribution in [2.75, 3.05) is 0 Å². The third-order valence-corrected chi connectivity index (χ3v) is 1.39. The molecule has 0 amide bonds. The minimum absolute atomic E-state index is 0.479. The van der Waals surface area contributed by atoms with E-state index in [-0.39, 0.29) is 0 Å². The van der Waals surface area contributed by atoms with Crippen LogP contribution >= 0.6 is 10.3 Å². The number of hydrogen-bond acceptors (Lipinski definition) is 3. The van der Waals surface area contributed by atoms with Gasteiger partial charge in [-0.05, 0) is 0 Å². The van der Waals surface area contributed by atoms with E-state index < -0.39 is 25.4 Å². The second-order valence-electron chi connectivity index (χ2n) is 0.922. The van der Waals surface area contributed by atoms with Gasteiger partial charge in [-0.2, -0.15) is 0 Å². The normalized spacial score (nSPS) is 9.56. The molecule has 0 radical (unpaired) electrons. The maximum absolute atomic E-state index is 10.1. The van der Waals surface area contributed by atoms with Crippen LogP contribution in [0, 0.1) is 0 Å². The Balaban J connectivity index is 0. The van der Waals surface area contributed by atoms with Crippen molar-refractivity contribution in [3.05, 3.63) is 24.0 Å². The molecule has 0 aliphatic carbocycles. The Morgan fingerprint density at radius 2 is 1.78 bits per heavy atom. The molecule has 0 N–H and O–H groups in total. The van der Waals surface area contributed by atoms with E-state index in [2.05, 4.69) is 23.4 Å². The molecule has 0 atom stereocenters. The summed E-state index contributed by atoms with van der Waals surface area (Å²) in [6.45, 7) is 6.09. The quantitative estimate of drug-likeness (QED) is 0.673. The fraction of sp³-hybridized carbons (Fsp3) is 0. The fourth-order valence-corrected chi connectivity index (χ4v) is 0.204. The Morgan fingerprint density at radius 3 is 1.78 bits per heavy atom. The van der Waals surface area contributed by atoms with Crippen LogP contribution in [0.15, 0.2) is 24.0 Å². The molecular formula is C4H7O2S2V. The van der Waals surface area contributed by atoms with Crippen molar-refractivity contribution in [3.8, 4) is 0 Å². The van der Waals surface area contributed by atoms with E-state index in [1.807, 2.05) is 0 Å². The van der Waals surface area contributed by atoms with Gasteiger partial charge in [0.05, 0.1) is 0 Å². The number of rotatable bonds is 2. The summed E-state index contributed by atoms with van der Waals surface area (Å²) < 4.78 is 26.4. The zero-order valence-corrected chi connectivity index (χ0v) is 7.68. The van der Waals surface area contributed by atoms with Crippen molar-refractivity contribution < 1.29 is 24.0 Å². The van der Waals surface area contributed by atoms with E-state index >= 15 is 0 Å². The third-order valence-electron chi connectivity index (χ3n) is 0.465. The molecule has 0 bridgehead atoms. The summed E-state index contributed by atoms with van der Waals surface area (Å²) in [6.07, 6.45) is 0. The van der Waals surface area contributed by atoms with Crippen LogP contribution in [-0.4, -0.2) is 9.30 Å². The van der Waals surface area contributed by atoms with Crippen LogP contribution in [0.25, 0.3) is 0 Å². The molecule has 2 nitrogen and oxygen atoms in total. The van der Waals surface area contributed by atoms with Crippen molar-refractivity contribution in [2.45, 2.75) is 0 Å². The molecule has 9 heavy (non-hydrogen) atoms. The van der Waals surface area contributed by atoms with Gasteiger partial charge in [-0.3, -0.25) is 0 Å². The first kappa shape index (κ1) is 9.23. The third kappa shape index (κ3) is 8.23.